The maximum atomic E-state index is 14.1. The summed E-state index contributed by atoms with van der Waals surface area (Å²) in [6.07, 6.45) is 1.65. The van der Waals surface area contributed by atoms with Crippen LogP contribution in [0.1, 0.15) is 16.5 Å². The third-order valence-corrected chi connectivity index (χ3v) is 5.08. The van der Waals surface area contributed by atoms with Gasteiger partial charge < -0.3 is 9.84 Å². The first-order valence-corrected chi connectivity index (χ1v) is 8.55. The van der Waals surface area contributed by atoms with Gasteiger partial charge in [-0.1, -0.05) is 30.3 Å². The Kier molecular flexibility index (Phi) is 5.18. The number of pyridine rings is 1. The SMILES string of the molecule is O=C(O)C1CSC(c2ccncc2F)N1C(=O)OCc1ccccc1. The summed E-state index contributed by atoms with van der Waals surface area (Å²) in [5, 5.41) is 8.61. The van der Waals surface area contributed by atoms with Crippen LogP contribution in [-0.2, 0) is 16.1 Å². The smallest absolute Gasteiger partial charge is 0.412 e. The van der Waals surface area contributed by atoms with Gasteiger partial charge in [0.1, 0.15) is 23.8 Å². The average Bonchev–Trinajstić information content (AvgIpc) is 3.06. The van der Waals surface area contributed by atoms with Crippen LogP contribution in [0, 0.1) is 5.82 Å². The maximum Gasteiger partial charge on any atom is 0.412 e. The number of ether oxygens (including phenoxy) is 1. The first-order valence-electron chi connectivity index (χ1n) is 7.50. The van der Waals surface area contributed by atoms with E-state index in [1.54, 1.807) is 12.1 Å². The van der Waals surface area contributed by atoms with E-state index in [1.807, 2.05) is 18.2 Å². The van der Waals surface area contributed by atoms with Gasteiger partial charge in [0.25, 0.3) is 0 Å². The fourth-order valence-electron chi connectivity index (χ4n) is 2.54. The summed E-state index contributed by atoms with van der Waals surface area (Å²) in [4.78, 5) is 28.8. The summed E-state index contributed by atoms with van der Waals surface area (Å²) in [5.41, 5.74) is 0.988. The summed E-state index contributed by atoms with van der Waals surface area (Å²) in [6, 6.07) is 9.40. The molecule has 1 aliphatic rings. The third kappa shape index (κ3) is 3.74. The molecule has 0 saturated carbocycles. The van der Waals surface area contributed by atoms with Crippen LogP contribution in [0.2, 0.25) is 0 Å². The number of carboxylic acids is 1. The van der Waals surface area contributed by atoms with Crippen LogP contribution in [0.4, 0.5) is 9.18 Å². The minimum absolute atomic E-state index is 0.0126. The van der Waals surface area contributed by atoms with E-state index in [9.17, 15) is 19.1 Å². The van der Waals surface area contributed by atoms with E-state index in [-0.39, 0.29) is 17.9 Å². The Balaban J connectivity index is 1.81. The van der Waals surface area contributed by atoms with Gasteiger partial charge in [-0.25, -0.2) is 14.0 Å². The molecule has 2 aromatic rings. The minimum Gasteiger partial charge on any atom is -0.480 e. The lowest BCUT2D eigenvalue weighted by Crippen LogP contribution is -2.43. The highest BCUT2D eigenvalue weighted by Crippen LogP contribution is 2.42. The van der Waals surface area contributed by atoms with Crippen molar-refractivity contribution in [1.82, 2.24) is 9.88 Å². The molecule has 3 rings (SSSR count). The summed E-state index contributed by atoms with van der Waals surface area (Å²) in [5.74, 6) is -1.59. The van der Waals surface area contributed by atoms with E-state index in [2.05, 4.69) is 4.98 Å². The van der Waals surface area contributed by atoms with Crippen LogP contribution >= 0.6 is 11.8 Å². The molecule has 6 nitrogen and oxygen atoms in total. The number of benzene rings is 1. The normalized spacial score (nSPS) is 19.6. The van der Waals surface area contributed by atoms with Crippen LogP contribution < -0.4 is 0 Å². The van der Waals surface area contributed by atoms with E-state index < -0.39 is 29.3 Å². The number of carbonyl (C=O) groups is 2. The zero-order valence-electron chi connectivity index (χ0n) is 13.0. The Hall–Kier alpha value is -2.61. The van der Waals surface area contributed by atoms with Crippen LogP contribution in [0.3, 0.4) is 0 Å². The molecule has 1 amide bonds. The fourth-order valence-corrected chi connectivity index (χ4v) is 3.97. The standard InChI is InChI=1S/C17H15FN2O4S/c18-13-8-19-7-6-12(13)15-20(14(10-25-15)16(21)22)17(23)24-9-11-4-2-1-3-5-11/h1-8,14-15H,9-10H2,(H,21,22). The monoisotopic (exact) mass is 362 g/mol. The number of hydrogen-bond acceptors (Lipinski definition) is 5. The van der Waals surface area contributed by atoms with Crippen LogP contribution in [0.25, 0.3) is 0 Å². The number of thioether (sulfide) groups is 1. The van der Waals surface area contributed by atoms with Crippen molar-refractivity contribution < 1.29 is 23.8 Å². The summed E-state index contributed by atoms with van der Waals surface area (Å²) in [6.45, 7) is 0.0126. The number of aromatic nitrogens is 1. The van der Waals surface area contributed by atoms with Crippen molar-refractivity contribution in [2.24, 2.45) is 0 Å². The number of carboxylic acid groups (broad SMARTS) is 1. The number of nitrogens with zero attached hydrogens (tertiary/aromatic N) is 2. The zero-order chi connectivity index (χ0) is 17.8. The van der Waals surface area contributed by atoms with Gasteiger partial charge in [-0.2, -0.15) is 0 Å². The molecule has 1 aromatic heterocycles. The maximum absolute atomic E-state index is 14.1. The largest absolute Gasteiger partial charge is 0.480 e. The lowest BCUT2D eigenvalue weighted by Gasteiger charge is -2.26. The minimum atomic E-state index is -1.15. The number of aliphatic carboxylic acids is 1. The lowest BCUT2D eigenvalue weighted by molar-refractivity contribution is -0.141. The molecule has 0 aliphatic carbocycles. The number of amides is 1. The quantitative estimate of drug-likeness (QED) is 0.900. The molecular weight excluding hydrogens is 347 g/mol. The Bertz CT molecular complexity index is 774. The molecule has 25 heavy (non-hydrogen) atoms. The zero-order valence-corrected chi connectivity index (χ0v) is 13.9. The Morgan fingerprint density at radius 3 is 2.76 bits per heavy atom. The second kappa shape index (κ2) is 7.52. The van der Waals surface area contributed by atoms with Crippen LogP contribution in [0.5, 0.6) is 0 Å². The van der Waals surface area contributed by atoms with E-state index in [1.165, 1.54) is 24.0 Å². The highest BCUT2D eigenvalue weighted by atomic mass is 32.2. The molecule has 1 aliphatic heterocycles. The summed E-state index contributed by atoms with van der Waals surface area (Å²) in [7, 11) is 0. The van der Waals surface area contributed by atoms with Crippen molar-refractivity contribution in [3.05, 3.63) is 65.7 Å². The van der Waals surface area contributed by atoms with Crippen LogP contribution in [0.15, 0.2) is 48.8 Å². The molecular formula is C17H15FN2O4S. The molecule has 1 fully saturated rings. The third-order valence-electron chi connectivity index (χ3n) is 3.77. The summed E-state index contributed by atoms with van der Waals surface area (Å²) < 4.78 is 19.3. The van der Waals surface area contributed by atoms with Gasteiger partial charge in [-0.05, 0) is 11.6 Å². The molecule has 0 spiro atoms. The van der Waals surface area contributed by atoms with E-state index in [0.717, 1.165) is 16.7 Å². The van der Waals surface area contributed by atoms with Gasteiger partial charge >= 0.3 is 12.1 Å². The molecule has 130 valence electrons. The molecule has 1 saturated heterocycles. The van der Waals surface area contributed by atoms with E-state index >= 15 is 0 Å². The highest BCUT2D eigenvalue weighted by Gasteiger charge is 2.44. The highest BCUT2D eigenvalue weighted by molar-refractivity contribution is 7.99. The van der Waals surface area contributed by atoms with E-state index in [0.29, 0.717) is 0 Å². The molecule has 0 radical (unpaired) electrons. The predicted octanol–water partition coefficient (Wildman–Crippen LogP) is 3.06. The number of rotatable bonds is 4. The number of carbonyl (C=O) groups excluding carboxylic acids is 1. The Morgan fingerprint density at radius 1 is 1.32 bits per heavy atom. The van der Waals surface area contributed by atoms with Gasteiger partial charge in [-0.15, -0.1) is 11.8 Å². The van der Waals surface area contributed by atoms with Crippen molar-refractivity contribution in [2.45, 2.75) is 18.0 Å². The van der Waals surface area contributed by atoms with Gasteiger partial charge in [0, 0.05) is 17.5 Å². The lowest BCUT2D eigenvalue weighted by atomic mass is 10.2. The van der Waals surface area contributed by atoms with Crippen molar-refractivity contribution in [1.29, 1.82) is 0 Å². The Labute approximate surface area is 147 Å². The second-order valence-corrected chi connectivity index (χ2v) is 6.50. The van der Waals surface area contributed by atoms with Crippen LogP contribution in [-0.4, -0.2) is 38.8 Å². The number of halogens is 1. The summed E-state index contributed by atoms with van der Waals surface area (Å²) >= 11 is 1.18. The molecule has 8 heteroatoms. The van der Waals surface area contributed by atoms with Crippen molar-refractivity contribution in [3.8, 4) is 0 Å². The van der Waals surface area contributed by atoms with Crippen molar-refractivity contribution in [3.63, 3.8) is 0 Å². The number of hydrogen-bond donors (Lipinski definition) is 1. The molecule has 1 aromatic carbocycles. The molecule has 0 bridgehead atoms. The van der Waals surface area contributed by atoms with Gasteiger partial charge in [-0.3, -0.25) is 9.88 Å². The molecule has 2 heterocycles. The van der Waals surface area contributed by atoms with Crippen molar-refractivity contribution >= 4 is 23.8 Å². The average molecular weight is 362 g/mol. The first kappa shape index (κ1) is 17.2. The van der Waals surface area contributed by atoms with Gasteiger partial charge in [0.2, 0.25) is 0 Å². The van der Waals surface area contributed by atoms with Gasteiger partial charge in [0.05, 0.1) is 6.20 Å². The predicted molar refractivity (Wildman–Crippen MR) is 89.3 cm³/mol. The van der Waals surface area contributed by atoms with Crippen molar-refractivity contribution in [2.75, 3.05) is 5.75 Å². The topological polar surface area (TPSA) is 79.7 Å². The van der Waals surface area contributed by atoms with E-state index in [4.69, 9.17) is 4.74 Å². The molecule has 2 unspecified atom stereocenters. The second-order valence-electron chi connectivity index (χ2n) is 5.38. The first-order chi connectivity index (χ1) is 12.1. The molecule has 1 N–H and O–H groups in total. The van der Waals surface area contributed by atoms with Gasteiger partial charge in [0.15, 0.2) is 0 Å². The Morgan fingerprint density at radius 2 is 2.08 bits per heavy atom. The fraction of sp³-hybridized carbons (Fsp3) is 0.235. The molecule has 2 atom stereocenters.